The van der Waals surface area contributed by atoms with Gasteiger partial charge in [-0.1, -0.05) is 103 Å². The molecule has 130 valence electrons. The molecule has 0 fully saturated rings. The molecule has 0 N–H and O–H groups in total. The van der Waals surface area contributed by atoms with Crippen molar-refractivity contribution < 1.29 is 9.47 Å². The van der Waals surface area contributed by atoms with Crippen LogP contribution in [0.5, 0.6) is 0 Å². The molecule has 0 saturated heterocycles. The lowest BCUT2D eigenvalue weighted by molar-refractivity contribution is -0.0376. The lowest BCUT2D eigenvalue weighted by Gasteiger charge is -2.36. The monoisotopic (exact) mass is 342 g/mol. The van der Waals surface area contributed by atoms with Gasteiger partial charge in [-0.25, -0.2) is 0 Å². The fraction of sp³-hybridized carbons (Fsp3) is 0.167. The van der Waals surface area contributed by atoms with Crippen LogP contribution in [0.3, 0.4) is 0 Å². The van der Waals surface area contributed by atoms with Gasteiger partial charge >= 0.3 is 0 Å². The molecule has 0 unspecified atom stereocenters. The first-order valence-corrected chi connectivity index (χ1v) is 8.98. The molecule has 0 radical (unpaired) electrons. The first-order valence-electron chi connectivity index (χ1n) is 8.98. The van der Waals surface area contributed by atoms with Gasteiger partial charge in [0.2, 0.25) is 0 Å². The molecular weight excluding hydrogens is 320 g/mol. The molecule has 1 aliphatic heterocycles. The van der Waals surface area contributed by atoms with Crippen LogP contribution >= 0.6 is 0 Å². The predicted molar refractivity (Wildman–Crippen MR) is 104 cm³/mol. The number of hydrogen-bond donors (Lipinski definition) is 0. The van der Waals surface area contributed by atoms with Gasteiger partial charge in [0.05, 0.1) is 19.3 Å². The first-order chi connectivity index (χ1) is 12.9. The summed E-state index contributed by atoms with van der Waals surface area (Å²) in [5.74, 6) is 0. The van der Waals surface area contributed by atoms with Crippen molar-refractivity contribution in [2.24, 2.45) is 0 Å². The van der Waals surface area contributed by atoms with E-state index in [4.69, 9.17) is 9.47 Å². The molecule has 0 aromatic heterocycles. The van der Waals surface area contributed by atoms with Crippen LogP contribution in [0.1, 0.15) is 16.7 Å². The Labute approximate surface area is 154 Å². The third kappa shape index (κ3) is 3.22. The van der Waals surface area contributed by atoms with E-state index >= 15 is 0 Å². The second-order valence-electron chi connectivity index (χ2n) is 6.39. The van der Waals surface area contributed by atoms with Crippen molar-refractivity contribution in [3.8, 4) is 0 Å². The third-order valence-corrected chi connectivity index (χ3v) is 4.76. The van der Waals surface area contributed by atoms with Gasteiger partial charge in [-0.2, -0.15) is 0 Å². The number of ether oxygens (including phenoxy) is 2. The van der Waals surface area contributed by atoms with E-state index in [0.717, 1.165) is 16.7 Å². The van der Waals surface area contributed by atoms with E-state index in [-0.39, 0.29) is 6.10 Å². The third-order valence-electron chi connectivity index (χ3n) is 4.76. The van der Waals surface area contributed by atoms with Gasteiger partial charge in [-0.05, 0) is 16.7 Å². The zero-order valence-electron chi connectivity index (χ0n) is 14.6. The van der Waals surface area contributed by atoms with Gasteiger partial charge in [0.15, 0.2) is 0 Å². The van der Waals surface area contributed by atoms with Gasteiger partial charge < -0.3 is 9.47 Å². The standard InChI is InChI=1S/C24H22O2/c1-4-11-20(12-5-1)24(21-13-6-2-7-14-21,22-15-8-3-9-16-22)26-19-23-17-10-18-25-23/h1-17,23H,18-19H2/t23-/m0/s1. The van der Waals surface area contributed by atoms with Gasteiger partial charge in [0, 0.05) is 0 Å². The van der Waals surface area contributed by atoms with Gasteiger partial charge in [-0.3, -0.25) is 0 Å². The Morgan fingerprint density at radius 1 is 0.731 bits per heavy atom. The molecule has 2 nitrogen and oxygen atoms in total. The number of benzene rings is 3. The lowest BCUT2D eigenvalue weighted by Crippen LogP contribution is -2.35. The van der Waals surface area contributed by atoms with Crippen LogP contribution in [-0.4, -0.2) is 19.3 Å². The SMILES string of the molecule is C1=C[C@@H](COC(c2ccccc2)(c2ccccc2)c2ccccc2)OC1. The quantitative estimate of drug-likeness (QED) is 0.466. The van der Waals surface area contributed by atoms with Crippen LogP contribution in [0, 0.1) is 0 Å². The van der Waals surface area contributed by atoms with E-state index in [9.17, 15) is 0 Å². The minimum absolute atomic E-state index is 0.00879. The van der Waals surface area contributed by atoms with Crippen molar-refractivity contribution >= 4 is 0 Å². The fourth-order valence-corrected chi connectivity index (χ4v) is 3.52. The summed E-state index contributed by atoms with van der Waals surface area (Å²) in [6.07, 6.45) is 4.11. The van der Waals surface area contributed by atoms with E-state index in [0.29, 0.717) is 13.2 Å². The van der Waals surface area contributed by atoms with Gasteiger partial charge in [-0.15, -0.1) is 0 Å². The van der Waals surface area contributed by atoms with Crippen molar-refractivity contribution in [1.29, 1.82) is 0 Å². The summed E-state index contributed by atoms with van der Waals surface area (Å²) in [7, 11) is 0. The normalized spacial score (nSPS) is 16.7. The minimum Gasteiger partial charge on any atom is -0.368 e. The van der Waals surface area contributed by atoms with Crippen molar-refractivity contribution in [3.05, 3.63) is 120 Å². The Morgan fingerprint density at radius 2 is 1.19 bits per heavy atom. The maximum absolute atomic E-state index is 6.70. The summed E-state index contributed by atoms with van der Waals surface area (Å²) in [5, 5.41) is 0. The Morgan fingerprint density at radius 3 is 1.58 bits per heavy atom. The Balaban J connectivity index is 1.86. The van der Waals surface area contributed by atoms with Gasteiger partial charge in [0.1, 0.15) is 5.60 Å². The zero-order chi connectivity index (χ0) is 17.7. The van der Waals surface area contributed by atoms with Crippen LogP contribution in [0.25, 0.3) is 0 Å². The van der Waals surface area contributed by atoms with Crippen LogP contribution in [0.15, 0.2) is 103 Å². The highest BCUT2D eigenvalue weighted by molar-refractivity contribution is 5.47. The molecule has 1 heterocycles. The minimum atomic E-state index is -0.677. The van der Waals surface area contributed by atoms with Crippen molar-refractivity contribution in [3.63, 3.8) is 0 Å². The first kappa shape index (κ1) is 16.8. The van der Waals surface area contributed by atoms with E-state index in [1.807, 2.05) is 24.3 Å². The second kappa shape index (κ2) is 7.69. The lowest BCUT2D eigenvalue weighted by atomic mass is 9.80. The van der Waals surface area contributed by atoms with E-state index in [1.165, 1.54) is 0 Å². The van der Waals surface area contributed by atoms with E-state index in [2.05, 4.69) is 78.9 Å². The molecule has 4 rings (SSSR count). The summed E-state index contributed by atoms with van der Waals surface area (Å²) in [4.78, 5) is 0. The summed E-state index contributed by atoms with van der Waals surface area (Å²) in [5.41, 5.74) is 2.65. The summed E-state index contributed by atoms with van der Waals surface area (Å²) >= 11 is 0. The largest absolute Gasteiger partial charge is 0.368 e. The summed E-state index contributed by atoms with van der Waals surface area (Å²) in [6.45, 7) is 1.15. The topological polar surface area (TPSA) is 18.5 Å². The maximum Gasteiger partial charge on any atom is 0.143 e. The maximum atomic E-state index is 6.70. The Bertz CT molecular complexity index is 744. The number of rotatable bonds is 6. The molecule has 1 atom stereocenters. The fourth-order valence-electron chi connectivity index (χ4n) is 3.52. The van der Waals surface area contributed by atoms with E-state index < -0.39 is 5.60 Å². The molecule has 0 aliphatic carbocycles. The Kier molecular flexibility index (Phi) is 4.96. The van der Waals surface area contributed by atoms with Crippen LogP contribution in [-0.2, 0) is 15.1 Å². The molecule has 0 amide bonds. The molecule has 0 saturated carbocycles. The summed E-state index contributed by atoms with van der Waals surface area (Å²) in [6, 6.07) is 31.3. The van der Waals surface area contributed by atoms with Crippen molar-refractivity contribution in [2.75, 3.05) is 13.2 Å². The highest BCUT2D eigenvalue weighted by Crippen LogP contribution is 2.40. The average Bonchev–Trinajstić information content (AvgIpc) is 3.25. The molecule has 26 heavy (non-hydrogen) atoms. The highest BCUT2D eigenvalue weighted by atomic mass is 16.5. The van der Waals surface area contributed by atoms with E-state index in [1.54, 1.807) is 0 Å². The molecular formula is C24H22O2. The molecule has 2 heteroatoms. The molecule has 1 aliphatic rings. The molecule has 0 spiro atoms. The zero-order valence-corrected chi connectivity index (χ0v) is 14.6. The molecule has 3 aromatic carbocycles. The smallest absolute Gasteiger partial charge is 0.143 e. The van der Waals surface area contributed by atoms with Gasteiger partial charge in [0.25, 0.3) is 0 Å². The predicted octanol–water partition coefficient (Wildman–Crippen LogP) is 4.95. The van der Waals surface area contributed by atoms with Crippen LogP contribution in [0.4, 0.5) is 0 Å². The second-order valence-corrected chi connectivity index (χ2v) is 6.39. The van der Waals surface area contributed by atoms with Crippen molar-refractivity contribution in [1.82, 2.24) is 0 Å². The molecule has 3 aromatic rings. The highest BCUT2D eigenvalue weighted by Gasteiger charge is 2.38. The van der Waals surface area contributed by atoms with Crippen LogP contribution in [0.2, 0.25) is 0 Å². The van der Waals surface area contributed by atoms with Crippen LogP contribution < -0.4 is 0 Å². The molecule has 0 bridgehead atoms. The Hall–Kier alpha value is -2.68. The summed E-state index contributed by atoms with van der Waals surface area (Å²) < 4.78 is 12.4. The van der Waals surface area contributed by atoms with Crippen molar-refractivity contribution in [2.45, 2.75) is 11.7 Å². The average molecular weight is 342 g/mol. The number of hydrogen-bond acceptors (Lipinski definition) is 2.